The highest BCUT2D eigenvalue weighted by molar-refractivity contribution is 5.77. The van der Waals surface area contributed by atoms with Crippen LogP contribution in [0.25, 0.3) is 22.6 Å². The minimum absolute atomic E-state index is 0.101. The van der Waals surface area contributed by atoms with Crippen LogP contribution in [-0.2, 0) is 13.6 Å². The van der Waals surface area contributed by atoms with E-state index in [2.05, 4.69) is 11.6 Å². The molecule has 0 saturated carbocycles. The lowest BCUT2D eigenvalue weighted by Crippen LogP contribution is -2.39. The van der Waals surface area contributed by atoms with Gasteiger partial charge < -0.3 is 5.11 Å². The average Bonchev–Trinajstić information content (AvgIpc) is 3.14. The third-order valence-corrected chi connectivity index (χ3v) is 5.07. The van der Waals surface area contributed by atoms with Crippen LogP contribution in [0.2, 0.25) is 0 Å². The van der Waals surface area contributed by atoms with Crippen molar-refractivity contribution in [2.24, 2.45) is 7.05 Å². The van der Waals surface area contributed by atoms with E-state index in [1.807, 2.05) is 19.9 Å². The van der Waals surface area contributed by atoms with Crippen molar-refractivity contribution < 1.29 is 5.11 Å². The largest absolute Gasteiger partial charge is 0.506 e. The molecule has 0 amide bonds. The molecule has 0 fully saturated rings. The second-order valence-electron chi connectivity index (χ2n) is 7.10. The minimum Gasteiger partial charge on any atom is -0.506 e. The smallest absolute Gasteiger partial charge is 0.332 e. The Labute approximate surface area is 160 Å². The minimum atomic E-state index is -0.440. The molecule has 0 aliphatic rings. The number of aromatic hydroxyl groups is 1. The molecule has 3 heterocycles. The number of aryl methyl sites for hydroxylation is 2. The Morgan fingerprint density at radius 1 is 1.18 bits per heavy atom. The first kappa shape index (κ1) is 17.8. The first-order chi connectivity index (χ1) is 13.2. The second-order valence-corrected chi connectivity index (χ2v) is 7.10. The highest BCUT2D eigenvalue weighted by atomic mass is 16.3. The normalized spacial score (nSPS) is 11.6. The van der Waals surface area contributed by atoms with Gasteiger partial charge >= 0.3 is 5.69 Å². The summed E-state index contributed by atoms with van der Waals surface area (Å²) < 4.78 is 6.08. The number of hydrogen-bond donors (Lipinski definition) is 1. The fraction of sp³-hybridized carbons (Fsp3) is 0.250. The van der Waals surface area contributed by atoms with E-state index in [-0.39, 0.29) is 12.3 Å². The lowest BCUT2D eigenvalue weighted by atomic mass is 10.2. The van der Waals surface area contributed by atoms with Crippen molar-refractivity contribution in [2.45, 2.75) is 27.3 Å². The number of phenolic OH excluding ortho intramolecular Hbond substituents is 1. The Bertz CT molecular complexity index is 1400. The van der Waals surface area contributed by atoms with Gasteiger partial charge in [-0.25, -0.2) is 4.79 Å². The summed E-state index contributed by atoms with van der Waals surface area (Å²) in [6.45, 7) is 9.51. The van der Waals surface area contributed by atoms with E-state index in [1.54, 1.807) is 41.1 Å². The Kier molecular flexibility index (Phi) is 3.81. The highest BCUT2D eigenvalue weighted by Crippen LogP contribution is 2.28. The van der Waals surface area contributed by atoms with Crippen molar-refractivity contribution >= 4 is 16.9 Å². The molecule has 8 nitrogen and oxygen atoms in total. The number of nitrogens with zero attached hydrogens (tertiary/aromatic N) is 5. The van der Waals surface area contributed by atoms with Gasteiger partial charge in [-0.05, 0) is 32.9 Å². The predicted octanol–water partition coefficient (Wildman–Crippen LogP) is 2.04. The summed E-state index contributed by atoms with van der Waals surface area (Å²) in [6.07, 6.45) is 0. The maximum absolute atomic E-state index is 13.2. The summed E-state index contributed by atoms with van der Waals surface area (Å²) in [7, 11) is 1.60. The number of benzene rings is 1. The summed E-state index contributed by atoms with van der Waals surface area (Å²) in [5.74, 6) is 0.565. The summed E-state index contributed by atoms with van der Waals surface area (Å²) in [5, 5.41) is 10.3. The first-order valence-electron chi connectivity index (χ1n) is 8.86. The third kappa shape index (κ3) is 2.27. The summed E-state index contributed by atoms with van der Waals surface area (Å²) in [5.41, 5.74) is 2.68. The third-order valence-electron chi connectivity index (χ3n) is 5.07. The number of para-hydroxylation sites is 2. The van der Waals surface area contributed by atoms with Gasteiger partial charge in [0.25, 0.3) is 5.56 Å². The molecule has 0 aliphatic heterocycles. The maximum atomic E-state index is 13.2. The Morgan fingerprint density at radius 2 is 1.86 bits per heavy atom. The van der Waals surface area contributed by atoms with Crippen LogP contribution in [-0.4, -0.2) is 28.2 Å². The van der Waals surface area contributed by atoms with Gasteiger partial charge in [-0.2, -0.15) is 4.98 Å². The molecular formula is C20H21N5O3. The van der Waals surface area contributed by atoms with Gasteiger partial charge in [0.1, 0.15) is 5.75 Å². The number of rotatable bonds is 3. The van der Waals surface area contributed by atoms with Crippen molar-refractivity contribution in [3.05, 3.63) is 68.6 Å². The predicted molar refractivity (Wildman–Crippen MR) is 107 cm³/mol. The fourth-order valence-electron chi connectivity index (χ4n) is 3.60. The van der Waals surface area contributed by atoms with E-state index in [1.165, 1.54) is 9.13 Å². The van der Waals surface area contributed by atoms with Crippen LogP contribution in [0.5, 0.6) is 5.75 Å². The van der Waals surface area contributed by atoms with Crippen LogP contribution in [0.4, 0.5) is 0 Å². The molecule has 0 bridgehead atoms. The van der Waals surface area contributed by atoms with Crippen LogP contribution >= 0.6 is 0 Å². The van der Waals surface area contributed by atoms with E-state index in [4.69, 9.17) is 0 Å². The van der Waals surface area contributed by atoms with Crippen LogP contribution in [0.1, 0.15) is 18.3 Å². The van der Waals surface area contributed by atoms with Crippen molar-refractivity contribution in [2.75, 3.05) is 0 Å². The molecule has 0 spiro atoms. The number of allylic oxidation sites excluding steroid dienone is 1. The standard InChI is InChI=1S/C20H21N5O3/c1-11(2)10-23-18(27)16-17(22(5)20(23)28)21-19-24(12(3)13(4)25(16)19)14-8-6-7-9-15(14)26/h6-9,26H,1,10H2,2-5H3. The zero-order valence-corrected chi connectivity index (χ0v) is 16.2. The first-order valence-corrected chi connectivity index (χ1v) is 8.86. The maximum Gasteiger partial charge on any atom is 0.332 e. The number of aromatic nitrogens is 5. The molecule has 0 saturated heterocycles. The quantitative estimate of drug-likeness (QED) is 0.552. The van der Waals surface area contributed by atoms with Crippen molar-refractivity contribution in [3.63, 3.8) is 0 Å². The zero-order chi connectivity index (χ0) is 20.3. The molecule has 4 rings (SSSR count). The molecule has 1 N–H and O–H groups in total. The van der Waals surface area contributed by atoms with Gasteiger partial charge in [0.2, 0.25) is 5.78 Å². The molecule has 4 aromatic rings. The Hall–Kier alpha value is -3.55. The number of fused-ring (bicyclic) bond motifs is 3. The van der Waals surface area contributed by atoms with Crippen LogP contribution in [0, 0.1) is 13.8 Å². The molecular weight excluding hydrogens is 358 g/mol. The van der Waals surface area contributed by atoms with E-state index in [9.17, 15) is 14.7 Å². The lowest BCUT2D eigenvalue weighted by Gasteiger charge is -2.09. The van der Waals surface area contributed by atoms with Gasteiger partial charge in [-0.3, -0.25) is 22.9 Å². The highest BCUT2D eigenvalue weighted by Gasteiger charge is 2.23. The van der Waals surface area contributed by atoms with Gasteiger partial charge in [-0.1, -0.05) is 24.3 Å². The second kappa shape index (κ2) is 5.98. The van der Waals surface area contributed by atoms with Gasteiger partial charge in [0, 0.05) is 18.4 Å². The van der Waals surface area contributed by atoms with E-state index in [0.717, 1.165) is 11.4 Å². The SMILES string of the molecule is C=C(C)Cn1c(=O)c2c(nc3n(-c4ccccc4O)c(C)c(C)n23)n(C)c1=O. The number of phenols is 1. The van der Waals surface area contributed by atoms with Gasteiger partial charge in [0.15, 0.2) is 11.2 Å². The van der Waals surface area contributed by atoms with Crippen LogP contribution in [0.3, 0.4) is 0 Å². The van der Waals surface area contributed by atoms with E-state index < -0.39 is 11.2 Å². The number of hydrogen-bond acceptors (Lipinski definition) is 4. The van der Waals surface area contributed by atoms with Crippen LogP contribution in [0.15, 0.2) is 46.0 Å². The molecule has 0 radical (unpaired) electrons. The lowest BCUT2D eigenvalue weighted by molar-refractivity contribution is 0.472. The molecule has 0 atom stereocenters. The zero-order valence-electron chi connectivity index (χ0n) is 16.2. The molecule has 28 heavy (non-hydrogen) atoms. The molecule has 0 aliphatic carbocycles. The summed E-state index contributed by atoms with van der Waals surface area (Å²) in [6, 6.07) is 6.93. The van der Waals surface area contributed by atoms with E-state index >= 15 is 0 Å². The molecule has 144 valence electrons. The molecule has 0 unspecified atom stereocenters. The molecule has 1 aromatic carbocycles. The van der Waals surface area contributed by atoms with Gasteiger partial charge in [0.05, 0.1) is 12.2 Å². The van der Waals surface area contributed by atoms with E-state index in [0.29, 0.717) is 28.2 Å². The number of imidazole rings is 2. The molecule has 8 heteroatoms. The van der Waals surface area contributed by atoms with Crippen molar-refractivity contribution in [1.82, 2.24) is 23.1 Å². The monoisotopic (exact) mass is 379 g/mol. The summed E-state index contributed by atoms with van der Waals surface area (Å²) in [4.78, 5) is 30.5. The Morgan fingerprint density at radius 3 is 2.50 bits per heavy atom. The van der Waals surface area contributed by atoms with Crippen molar-refractivity contribution in [3.8, 4) is 11.4 Å². The topological polar surface area (TPSA) is 86.5 Å². The van der Waals surface area contributed by atoms with Gasteiger partial charge in [-0.15, -0.1) is 0 Å². The molecule has 3 aromatic heterocycles. The average molecular weight is 379 g/mol. The summed E-state index contributed by atoms with van der Waals surface area (Å²) >= 11 is 0. The van der Waals surface area contributed by atoms with Crippen LogP contribution < -0.4 is 11.2 Å². The Balaban J connectivity index is 2.22. The van der Waals surface area contributed by atoms with Crippen molar-refractivity contribution in [1.29, 1.82) is 0 Å². The fourth-order valence-corrected chi connectivity index (χ4v) is 3.60.